The van der Waals surface area contributed by atoms with Gasteiger partial charge >= 0.3 is 0 Å². The topological polar surface area (TPSA) is 95.4 Å². The molecule has 1 fully saturated rings. The number of hydrogen-bond donors (Lipinski definition) is 1. The summed E-state index contributed by atoms with van der Waals surface area (Å²) in [5, 5.41) is 23.0. The molecule has 2 heterocycles. The summed E-state index contributed by atoms with van der Waals surface area (Å²) in [5.74, 6) is 1.88. The lowest BCUT2D eigenvalue weighted by molar-refractivity contribution is 0.0623. The standard InChI is InChI=1S/C17H20N4O3/c1-12-19-17(20-24-12)16-3-2-8-21(16)10-14(22)11-23-15-6-4-13(9-18)5-7-15/h4-7,14,16,22H,2-3,8,10-11H2,1H3/t14-,16+/m1/s1. The number of nitrogens with zero attached hydrogens (tertiary/aromatic N) is 4. The van der Waals surface area contributed by atoms with E-state index in [1.807, 2.05) is 0 Å². The number of aryl methyl sites for hydroxylation is 1. The van der Waals surface area contributed by atoms with E-state index in [0.29, 0.717) is 29.6 Å². The lowest BCUT2D eigenvalue weighted by Crippen LogP contribution is -2.35. The van der Waals surface area contributed by atoms with Gasteiger partial charge in [0, 0.05) is 13.5 Å². The van der Waals surface area contributed by atoms with E-state index in [4.69, 9.17) is 14.5 Å². The number of ether oxygens (including phenoxy) is 1. The van der Waals surface area contributed by atoms with E-state index in [-0.39, 0.29) is 12.6 Å². The van der Waals surface area contributed by atoms with Crippen LogP contribution in [0.1, 0.15) is 36.2 Å². The van der Waals surface area contributed by atoms with Crippen LogP contribution >= 0.6 is 0 Å². The zero-order chi connectivity index (χ0) is 16.9. The Hall–Kier alpha value is -2.43. The van der Waals surface area contributed by atoms with Gasteiger partial charge in [-0.3, -0.25) is 4.90 Å². The Bertz CT molecular complexity index is 707. The molecule has 2 aromatic rings. The molecule has 3 rings (SSSR count). The third-order valence-corrected chi connectivity index (χ3v) is 4.08. The summed E-state index contributed by atoms with van der Waals surface area (Å²) in [6, 6.07) is 8.99. The molecule has 1 N–H and O–H groups in total. The second kappa shape index (κ2) is 7.43. The monoisotopic (exact) mass is 328 g/mol. The van der Waals surface area contributed by atoms with Gasteiger partial charge in [-0.25, -0.2) is 0 Å². The summed E-state index contributed by atoms with van der Waals surface area (Å²) >= 11 is 0. The maximum absolute atomic E-state index is 10.3. The van der Waals surface area contributed by atoms with Gasteiger partial charge in [-0.2, -0.15) is 10.2 Å². The highest BCUT2D eigenvalue weighted by atomic mass is 16.5. The van der Waals surface area contributed by atoms with E-state index in [1.54, 1.807) is 31.2 Å². The summed E-state index contributed by atoms with van der Waals surface area (Å²) in [5.41, 5.74) is 0.582. The number of aliphatic hydroxyl groups excluding tert-OH is 1. The van der Waals surface area contributed by atoms with E-state index in [2.05, 4.69) is 21.1 Å². The molecule has 0 spiro atoms. The maximum atomic E-state index is 10.3. The van der Waals surface area contributed by atoms with Crippen molar-refractivity contribution in [1.82, 2.24) is 15.0 Å². The fourth-order valence-corrected chi connectivity index (χ4v) is 2.93. The summed E-state index contributed by atoms with van der Waals surface area (Å²) in [7, 11) is 0. The van der Waals surface area contributed by atoms with Gasteiger partial charge in [-0.05, 0) is 43.7 Å². The average Bonchev–Trinajstić information content (AvgIpc) is 3.22. The van der Waals surface area contributed by atoms with Gasteiger partial charge in [0.15, 0.2) is 5.82 Å². The summed E-state index contributed by atoms with van der Waals surface area (Å²) in [6.45, 7) is 3.36. The van der Waals surface area contributed by atoms with Gasteiger partial charge < -0.3 is 14.4 Å². The molecule has 0 unspecified atom stereocenters. The van der Waals surface area contributed by atoms with Gasteiger partial charge in [0.05, 0.1) is 17.7 Å². The van der Waals surface area contributed by atoms with Crippen LogP contribution in [-0.2, 0) is 0 Å². The van der Waals surface area contributed by atoms with Crippen LogP contribution in [0.2, 0.25) is 0 Å². The Morgan fingerprint density at radius 1 is 1.46 bits per heavy atom. The zero-order valence-electron chi connectivity index (χ0n) is 13.6. The van der Waals surface area contributed by atoms with Crippen molar-refractivity contribution in [3.63, 3.8) is 0 Å². The summed E-state index contributed by atoms with van der Waals surface area (Å²) in [6.07, 6.45) is 1.39. The maximum Gasteiger partial charge on any atom is 0.223 e. The van der Waals surface area contributed by atoms with Gasteiger partial charge in [0.2, 0.25) is 5.89 Å². The Balaban J connectivity index is 1.52. The highest BCUT2D eigenvalue weighted by molar-refractivity contribution is 5.34. The van der Waals surface area contributed by atoms with Crippen molar-refractivity contribution in [2.75, 3.05) is 19.7 Å². The minimum atomic E-state index is -0.616. The summed E-state index contributed by atoms with van der Waals surface area (Å²) < 4.78 is 10.6. The van der Waals surface area contributed by atoms with Crippen molar-refractivity contribution in [2.24, 2.45) is 0 Å². The van der Waals surface area contributed by atoms with E-state index in [1.165, 1.54) is 0 Å². The lowest BCUT2D eigenvalue weighted by Gasteiger charge is -2.24. The van der Waals surface area contributed by atoms with Gasteiger partial charge in [-0.1, -0.05) is 5.16 Å². The van der Waals surface area contributed by atoms with Crippen molar-refractivity contribution in [3.8, 4) is 11.8 Å². The SMILES string of the molecule is Cc1nc([C@@H]2CCCN2C[C@@H](O)COc2ccc(C#N)cc2)no1. The first-order valence-electron chi connectivity index (χ1n) is 8.01. The van der Waals surface area contributed by atoms with E-state index in [0.717, 1.165) is 19.4 Å². The molecular weight excluding hydrogens is 308 g/mol. The smallest absolute Gasteiger partial charge is 0.223 e. The van der Waals surface area contributed by atoms with Crippen molar-refractivity contribution >= 4 is 0 Å². The van der Waals surface area contributed by atoms with Crippen LogP contribution in [0.15, 0.2) is 28.8 Å². The third kappa shape index (κ3) is 3.91. The molecule has 24 heavy (non-hydrogen) atoms. The predicted octanol–water partition coefficient (Wildman–Crippen LogP) is 1.83. The molecule has 0 bridgehead atoms. The van der Waals surface area contributed by atoms with Crippen LogP contribution in [-0.4, -0.2) is 45.9 Å². The van der Waals surface area contributed by atoms with Crippen LogP contribution in [0.25, 0.3) is 0 Å². The molecule has 1 aliphatic rings. The Morgan fingerprint density at radius 2 is 2.25 bits per heavy atom. The average molecular weight is 328 g/mol. The largest absolute Gasteiger partial charge is 0.491 e. The Labute approximate surface area is 140 Å². The van der Waals surface area contributed by atoms with Crippen LogP contribution in [0.4, 0.5) is 0 Å². The molecule has 0 amide bonds. The Kier molecular flexibility index (Phi) is 5.08. The van der Waals surface area contributed by atoms with Crippen LogP contribution < -0.4 is 4.74 Å². The fourth-order valence-electron chi connectivity index (χ4n) is 2.93. The fraction of sp³-hybridized carbons (Fsp3) is 0.471. The number of aliphatic hydroxyl groups is 1. The number of nitriles is 1. The highest BCUT2D eigenvalue weighted by Crippen LogP contribution is 2.30. The molecule has 0 saturated carbocycles. The number of benzene rings is 1. The van der Waals surface area contributed by atoms with Crippen molar-refractivity contribution in [1.29, 1.82) is 5.26 Å². The normalized spacial score (nSPS) is 19.1. The minimum Gasteiger partial charge on any atom is -0.491 e. The van der Waals surface area contributed by atoms with Gasteiger partial charge in [-0.15, -0.1) is 0 Å². The second-order valence-electron chi connectivity index (χ2n) is 5.93. The van der Waals surface area contributed by atoms with Gasteiger partial charge in [0.1, 0.15) is 18.5 Å². The van der Waals surface area contributed by atoms with Gasteiger partial charge in [0.25, 0.3) is 0 Å². The van der Waals surface area contributed by atoms with Crippen molar-refractivity contribution in [2.45, 2.75) is 31.9 Å². The molecule has 0 aliphatic carbocycles. The minimum absolute atomic E-state index is 0.0898. The van der Waals surface area contributed by atoms with E-state index in [9.17, 15) is 5.11 Å². The lowest BCUT2D eigenvalue weighted by atomic mass is 10.2. The zero-order valence-corrected chi connectivity index (χ0v) is 13.6. The molecule has 7 heteroatoms. The summed E-state index contributed by atoms with van der Waals surface area (Å²) in [4.78, 5) is 6.47. The molecule has 1 saturated heterocycles. The van der Waals surface area contributed by atoms with Crippen LogP contribution in [0.3, 0.4) is 0 Å². The second-order valence-corrected chi connectivity index (χ2v) is 5.93. The predicted molar refractivity (Wildman–Crippen MR) is 85.2 cm³/mol. The Morgan fingerprint density at radius 3 is 2.92 bits per heavy atom. The number of hydrogen-bond acceptors (Lipinski definition) is 7. The molecule has 2 atom stereocenters. The molecule has 1 aromatic carbocycles. The first kappa shape index (κ1) is 16.4. The first-order chi connectivity index (χ1) is 11.7. The van der Waals surface area contributed by atoms with Crippen molar-refractivity contribution in [3.05, 3.63) is 41.5 Å². The number of likely N-dealkylation sites (tertiary alicyclic amines) is 1. The molecule has 0 radical (unpaired) electrons. The molecule has 7 nitrogen and oxygen atoms in total. The third-order valence-electron chi connectivity index (χ3n) is 4.08. The highest BCUT2D eigenvalue weighted by Gasteiger charge is 2.31. The first-order valence-corrected chi connectivity index (χ1v) is 8.01. The van der Waals surface area contributed by atoms with E-state index >= 15 is 0 Å². The van der Waals surface area contributed by atoms with E-state index < -0.39 is 6.10 Å². The quantitative estimate of drug-likeness (QED) is 0.864. The number of β-amino-alcohol motifs (C(OH)–C–C–N with tert-alkyl or cyclic N) is 1. The van der Waals surface area contributed by atoms with Crippen molar-refractivity contribution < 1.29 is 14.4 Å². The molecule has 126 valence electrons. The number of aromatic nitrogens is 2. The van der Waals surface area contributed by atoms with Crippen LogP contribution in [0.5, 0.6) is 5.75 Å². The number of rotatable bonds is 6. The molecule has 1 aromatic heterocycles. The molecular formula is C17H20N4O3. The molecule has 1 aliphatic heterocycles. The van der Waals surface area contributed by atoms with Crippen LogP contribution in [0, 0.1) is 18.3 Å².